The Balaban J connectivity index is 1.60. The van der Waals surface area contributed by atoms with E-state index in [0.717, 1.165) is 5.92 Å². The monoisotopic (exact) mass is 244 g/mol. The third-order valence-electron chi connectivity index (χ3n) is 4.53. The quantitative estimate of drug-likeness (QED) is 0.872. The predicted octanol–water partition coefficient (Wildman–Crippen LogP) is 2.09. The van der Waals surface area contributed by atoms with Gasteiger partial charge in [0.1, 0.15) is 0 Å². The summed E-state index contributed by atoms with van der Waals surface area (Å²) >= 11 is 0. The second-order valence-electron chi connectivity index (χ2n) is 5.80. The van der Waals surface area contributed by atoms with E-state index in [4.69, 9.17) is 0 Å². The standard InChI is InChI=1S/C16H24N2/c1-17-16(15-6-7-15)12-18-10-8-13-4-2-3-5-14(13)9-11-18/h2-5,15-17H,6-12H2,1H3. The van der Waals surface area contributed by atoms with Crippen LogP contribution in [0.5, 0.6) is 0 Å². The van der Waals surface area contributed by atoms with Crippen LogP contribution in [0.1, 0.15) is 24.0 Å². The van der Waals surface area contributed by atoms with Gasteiger partial charge in [0, 0.05) is 25.7 Å². The van der Waals surface area contributed by atoms with E-state index in [1.807, 2.05) is 0 Å². The van der Waals surface area contributed by atoms with E-state index in [-0.39, 0.29) is 0 Å². The van der Waals surface area contributed by atoms with Crippen molar-refractivity contribution in [2.24, 2.45) is 5.92 Å². The number of benzene rings is 1. The van der Waals surface area contributed by atoms with Crippen molar-refractivity contribution in [3.05, 3.63) is 35.4 Å². The summed E-state index contributed by atoms with van der Waals surface area (Å²) in [6, 6.07) is 9.67. The summed E-state index contributed by atoms with van der Waals surface area (Å²) in [7, 11) is 2.12. The maximum Gasteiger partial charge on any atom is 0.0220 e. The van der Waals surface area contributed by atoms with Crippen LogP contribution >= 0.6 is 0 Å². The zero-order chi connectivity index (χ0) is 12.4. The molecule has 1 aromatic rings. The zero-order valence-electron chi connectivity index (χ0n) is 11.4. The molecule has 0 spiro atoms. The topological polar surface area (TPSA) is 15.3 Å². The normalized spacial score (nSPS) is 22.3. The molecule has 1 aliphatic heterocycles. The summed E-state index contributed by atoms with van der Waals surface area (Å²) in [5.41, 5.74) is 3.12. The van der Waals surface area contributed by atoms with E-state index in [1.165, 1.54) is 45.3 Å². The molecule has 0 amide bonds. The van der Waals surface area contributed by atoms with E-state index in [1.54, 1.807) is 11.1 Å². The van der Waals surface area contributed by atoms with Crippen molar-refractivity contribution in [3.8, 4) is 0 Å². The predicted molar refractivity (Wildman–Crippen MR) is 75.9 cm³/mol. The highest BCUT2D eigenvalue weighted by atomic mass is 15.1. The van der Waals surface area contributed by atoms with Crippen molar-refractivity contribution in [3.63, 3.8) is 0 Å². The highest BCUT2D eigenvalue weighted by Gasteiger charge is 2.31. The van der Waals surface area contributed by atoms with Crippen LogP contribution in [0.4, 0.5) is 0 Å². The largest absolute Gasteiger partial charge is 0.315 e. The maximum atomic E-state index is 3.51. The molecule has 1 N–H and O–H groups in total. The lowest BCUT2D eigenvalue weighted by Crippen LogP contribution is -2.41. The van der Waals surface area contributed by atoms with Crippen molar-refractivity contribution in [2.75, 3.05) is 26.7 Å². The second-order valence-corrected chi connectivity index (χ2v) is 5.80. The van der Waals surface area contributed by atoms with Crippen molar-refractivity contribution in [1.82, 2.24) is 10.2 Å². The molecular formula is C16H24N2. The van der Waals surface area contributed by atoms with E-state index in [9.17, 15) is 0 Å². The number of rotatable bonds is 4. The van der Waals surface area contributed by atoms with Crippen LogP contribution in [0.2, 0.25) is 0 Å². The van der Waals surface area contributed by atoms with Gasteiger partial charge in [0.15, 0.2) is 0 Å². The summed E-state index contributed by atoms with van der Waals surface area (Å²) in [6.07, 6.45) is 5.30. The molecule has 3 rings (SSSR count). The van der Waals surface area contributed by atoms with Crippen LogP contribution in [0.15, 0.2) is 24.3 Å². The van der Waals surface area contributed by atoms with Crippen LogP contribution in [0, 0.1) is 5.92 Å². The minimum atomic E-state index is 0.714. The average Bonchev–Trinajstić information content (AvgIpc) is 3.23. The molecule has 1 saturated carbocycles. The van der Waals surface area contributed by atoms with Gasteiger partial charge in [-0.15, -0.1) is 0 Å². The number of hydrogen-bond acceptors (Lipinski definition) is 2. The first-order valence-electron chi connectivity index (χ1n) is 7.33. The summed E-state index contributed by atoms with van der Waals surface area (Å²) in [5.74, 6) is 0.945. The van der Waals surface area contributed by atoms with Crippen LogP contribution in [0.25, 0.3) is 0 Å². The Morgan fingerprint density at radius 1 is 1.17 bits per heavy atom. The molecule has 1 heterocycles. The molecule has 1 fully saturated rings. The molecule has 2 nitrogen and oxygen atoms in total. The van der Waals surface area contributed by atoms with Gasteiger partial charge >= 0.3 is 0 Å². The van der Waals surface area contributed by atoms with Gasteiger partial charge in [-0.2, -0.15) is 0 Å². The van der Waals surface area contributed by atoms with Gasteiger partial charge in [-0.25, -0.2) is 0 Å². The molecule has 1 aliphatic carbocycles. The van der Waals surface area contributed by atoms with Crippen molar-refractivity contribution >= 4 is 0 Å². The molecule has 0 aromatic heterocycles. The van der Waals surface area contributed by atoms with Gasteiger partial charge in [-0.1, -0.05) is 24.3 Å². The Labute approximate surface area is 110 Å². The molecule has 18 heavy (non-hydrogen) atoms. The minimum absolute atomic E-state index is 0.714. The fraction of sp³-hybridized carbons (Fsp3) is 0.625. The molecule has 1 aromatic carbocycles. The second kappa shape index (κ2) is 5.41. The third kappa shape index (κ3) is 2.76. The molecule has 2 heteroatoms. The molecule has 98 valence electrons. The summed E-state index contributed by atoms with van der Waals surface area (Å²) in [5, 5.41) is 3.51. The lowest BCUT2D eigenvalue weighted by molar-refractivity contribution is 0.245. The lowest BCUT2D eigenvalue weighted by Gasteiger charge is -2.26. The van der Waals surface area contributed by atoms with Gasteiger partial charge in [-0.05, 0) is 49.8 Å². The fourth-order valence-electron chi connectivity index (χ4n) is 3.15. The Bertz CT molecular complexity index is 371. The minimum Gasteiger partial charge on any atom is -0.315 e. The molecule has 0 radical (unpaired) electrons. The number of fused-ring (bicyclic) bond motifs is 1. The van der Waals surface area contributed by atoms with E-state index < -0.39 is 0 Å². The van der Waals surface area contributed by atoms with Crippen LogP contribution in [0.3, 0.4) is 0 Å². The smallest absolute Gasteiger partial charge is 0.0220 e. The van der Waals surface area contributed by atoms with Crippen molar-refractivity contribution < 1.29 is 0 Å². The van der Waals surface area contributed by atoms with Crippen LogP contribution in [-0.4, -0.2) is 37.6 Å². The number of nitrogens with one attached hydrogen (secondary N) is 1. The molecule has 0 saturated heterocycles. The van der Waals surface area contributed by atoms with E-state index >= 15 is 0 Å². The highest BCUT2D eigenvalue weighted by molar-refractivity contribution is 5.28. The molecule has 1 unspecified atom stereocenters. The first kappa shape index (κ1) is 12.2. The summed E-state index contributed by atoms with van der Waals surface area (Å²) in [6.45, 7) is 3.68. The molecule has 2 aliphatic rings. The number of likely N-dealkylation sites (N-methyl/N-ethyl adjacent to an activating group) is 1. The first-order valence-corrected chi connectivity index (χ1v) is 7.33. The Morgan fingerprint density at radius 3 is 2.28 bits per heavy atom. The highest BCUT2D eigenvalue weighted by Crippen LogP contribution is 2.33. The number of nitrogens with zero attached hydrogens (tertiary/aromatic N) is 1. The lowest BCUT2D eigenvalue weighted by atomic mass is 10.0. The number of hydrogen-bond donors (Lipinski definition) is 1. The third-order valence-corrected chi connectivity index (χ3v) is 4.53. The Kier molecular flexibility index (Phi) is 3.67. The SMILES string of the molecule is CNC(CN1CCc2ccccc2CC1)C1CC1. The van der Waals surface area contributed by atoms with Gasteiger partial charge in [-0.3, -0.25) is 0 Å². The van der Waals surface area contributed by atoms with Crippen LogP contribution in [-0.2, 0) is 12.8 Å². The Hall–Kier alpha value is -0.860. The molecule has 1 atom stereocenters. The van der Waals surface area contributed by atoms with Gasteiger partial charge < -0.3 is 10.2 Å². The van der Waals surface area contributed by atoms with Crippen LogP contribution < -0.4 is 5.32 Å². The van der Waals surface area contributed by atoms with Crippen molar-refractivity contribution in [2.45, 2.75) is 31.7 Å². The zero-order valence-corrected chi connectivity index (χ0v) is 11.4. The molecule has 0 bridgehead atoms. The fourth-order valence-corrected chi connectivity index (χ4v) is 3.15. The average molecular weight is 244 g/mol. The van der Waals surface area contributed by atoms with E-state index in [2.05, 4.69) is 41.5 Å². The summed E-state index contributed by atoms with van der Waals surface area (Å²) in [4.78, 5) is 2.65. The first-order chi connectivity index (χ1) is 8.86. The van der Waals surface area contributed by atoms with Crippen molar-refractivity contribution in [1.29, 1.82) is 0 Å². The van der Waals surface area contributed by atoms with Gasteiger partial charge in [0.05, 0.1) is 0 Å². The molecular weight excluding hydrogens is 220 g/mol. The van der Waals surface area contributed by atoms with E-state index in [0.29, 0.717) is 6.04 Å². The van der Waals surface area contributed by atoms with Gasteiger partial charge in [0.2, 0.25) is 0 Å². The Morgan fingerprint density at radius 2 is 1.78 bits per heavy atom. The summed E-state index contributed by atoms with van der Waals surface area (Å²) < 4.78 is 0. The maximum absolute atomic E-state index is 3.51. The van der Waals surface area contributed by atoms with Gasteiger partial charge in [0.25, 0.3) is 0 Å².